The average Bonchev–Trinajstić information content (AvgIpc) is 2.97. The van der Waals surface area contributed by atoms with E-state index in [1.807, 2.05) is 0 Å². The summed E-state index contributed by atoms with van der Waals surface area (Å²) in [7, 11) is -0.465. The molecule has 0 radical (unpaired) electrons. The maximum atomic E-state index is 12.2. The van der Waals surface area contributed by atoms with Gasteiger partial charge in [-0.05, 0) is 12.8 Å². The third kappa shape index (κ3) is 2.64. The Hall–Kier alpha value is -1.03. The average molecular weight is 304 g/mol. The van der Waals surface area contributed by atoms with Crippen LogP contribution in [0.2, 0.25) is 0 Å². The molecule has 1 aliphatic heterocycles. The molecule has 1 amide bonds. The molecule has 0 aromatic carbocycles. The molecule has 1 saturated heterocycles. The molecule has 0 saturated carbocycles. The van der Waals surface area contributed by atoms with Crippen molar-refractivity contribution in [2.24, 2.45) is 5.73 Å². The predicted molar refractivity (Wildman–Crippen MR) is 71.9 cm³/mol. The monoisotopic (exact) mass is 304 g/mol. The van der Waals surface area contributed by atoms with Crippen LogP contribution in [0.15, 0.2) is 6.20 Å². The van der Waals surface area contributed by atoms with Gasteiger partial charge < -0.3 is 5.73 Å². The van der Waals surface area contributed by atoms with E-state index < -0.39 is 16.1 Å². The number of primary amides is 1. The number of hydrogen-bond donors (Lipinski definition) is 1. The molecule has 19 heavy (non-hydrogen) atoms. The number of rotatable bonds is 4. The summed E-state index contributed by atoms with van der Waals surface area (Å²) in [4.78, 5) is 15.6. The second-order valence-corrected chi connectivity index (χ2v) is 7.64. The Bertz CT molecular complexity index is 581. The van der Waals surface area contributed by atoms with Gasteiger partial charge in [0.2, 0.25) is 0 Å². The van der Waals surface area contributed by atoms with Gasteiger partial charge in [-0.3, -0.25) is 4.79 Å². The highest BCUT2D eigenvalue weighted by atomic mass is 32.2. The molecule has 1 aromatic heterocycles. The fraction of sp³-hybridized carbons (Fsp3) is 0.600. The molecule has 2 rings (SSSR count). The van der Waals surface area contributed by atoms with Crippen molar-refractivity contribution in [3.05, 3.63) is 16.1 Å². The lowest BCUT2D eigenvalue weighted by molar-refractivity contribution is 0.100. The maximum Gasteiger partial charge on any atom is 0.282 e. The highest BCUT2D eigenvalue weighted by Gasteiger charge is 2.38. The normalized spacial score (nSPS) is 21.1. The Morgan fingerprint density at radius 1 is 1.58 bits per heavy atom. The van der Waals surface area contributed by atoms with Crippen LogP contribution in [0.1, 0.15) is 33.6 Å². The number of carbonyl (C=O) groups excluding carboxylic acids is 1. The molecule has 7 nitrogen and oxygen atoms in total. The molecule has 1 fully saturated rings. The number of carbonyl (C=O) groups is 1. The second kappa shape index (κ2) is 5.16. The van der Waals surface area contributed by atoms with Crippen LogP contribution in [0.3, 0.4) is 0 Å². The molecule has 2 N–H and O–H groups in total. The zero-order chi connectivity index (χ0) is 14.2. The molecular formula is C10H16N4O3S2. The standard InChI is InChI=1S/C10H16N4O3S2/c1-13(2)19(16,17)14-5-3-4-7(14)10-12-6-8(18-10)9(11)15/h6-7H,3-5H2,1-2H3,(H2,11,15)/t7-/m0/s1. The first kappa shape index (κ1) is 14.4. The zero-order valence-electron chi connectivity index (χ0n) is 10.7. The van der Waals surface area contributed by atoms with E-state index >= 15 is 0 Å². The number of nitrogens with two attached hydrogens (primary N) is 1. The van der Waals surface area contributed by atoms with E-state index in [2.05, 4.69) is 4.98 Å². The van der Waals surface area contributed by atoms with Gasteiger partial charge in [0.05, 0.1) is 12.2 Å². The first-order valence-electron chi connectivity index (χ1n) is 5.79. The fourth-order valence-electron chi connectivity index (χ4n) is 2.03. The SMILES string of the molecule is CN(C)S(=O)(=O)N1CCC[C@H]1c1ncc(C(N)=O)s1. The Kier molecular flexibility index (Phi) is 3.90. The topological polar surface area (TPSA) is 96.6 Å². The number of aromatic nitrogens is 1. The second-order valence-electron chi connectivity index (χ2n) is 4.49. The summed E-state index contributed by atoms with van der Waals surface area (Å²) < 4.78 is 27.0. The summed E-state index contributed by atoms with van der Waals surface area (Å²) in [6.45, 7) is 0.469. The smallest absolute Gasteiger partial charge is 0.282 e. The van der Waals surface area contributed by atoms with Gasteiger partial charge in [-0.2, -0.15) is 17.0 Å². The Balaban J connectivity index is 2.30. The summed E-state index contributed by atoms with van der Waals surface area (Å²) in [5, 5.41) is 0.622. The van der Waals surface area contributed by atoms with Gasteiger partial charge in [-0.15, -0.1) is 11.3 Å². The third-order valence-electron chi connectivity index (χ3n) is 3.01. The minimum absolute atomic E-state index is 0.300. The maximum absolute atomic E-state index is 12.2. The first-order chi connectivity index (χ1) is 8.84. The molecule has 0 spiro atoms. The van der Waals surface area contributed by atoms with Crippen LogP contribution in [0, 0.1) is 0 Å². The van der Waals surface area contributed by atoms with Gasteiger partial charge in [0.25, 0.3) is 16.1 Å². The van der Waals surface area contributed by atoms with Crippen molar-refractivity contribution in [3.63, 3.8) is 0 Å². The van der Waals surface area contributed by atoms with Gasteiger partial charge in [0.1, 0.15) is 9.88 Å². The van der Waals surface area contributed by atoms with Crippen molar-refractivity contribution < 1.29 is 13.2 Å². The molecule has 0 aliphatic carbocycles. The summed E-state index contributed by atoms with van der Waals surface area (Å²) in [5.74, 6) is -0.538. The minimum Gasteiger partial charge on any atom is -0.365 e. The van der Waals surface area contributed by atoms with E-state index in [9.17, 15) is 13.2 Å². The van der Waals surface area contributed by atoms with E-state index in [0.717, 1.165) is 17.8 Å². The summed E-state index contributed by atoms with van der Waals surface area (Å²) in [6.07, 6.45) is 2.89. The molecule has 1 atom stereocenters. The van der Waals surface area contributed by atoms with Crippen molar-refractivity contribution >= 4 is 27.5 Å². The lowest BCUT2D eigenvalue weighted by atomic mass is 10.2. The Labute approximate surface area is 116 Å². The van der Waals surface area contributed by atoms with Crippen molar-refractivity contribution in [2.45, 2.75) is 18.9 Å². The minimum atomic E-state index is -3.47. The third-order valence-corrected chi connectivity index (χ3v) is 6.08. The number of hydrogen-bond acceptors (Lipinski definition) is 5. The Morgan fingerprint density at radius 3 is 2.79 bits per heavy atom. The number of amides is 1. The van der Waals surface area contributed by atoms with Crippen molar-refractivity contribution in [1.82, 2.24) is 13.6 Å². The van der Waals surface area contributed by atoms with E-state index in [0.29, 0.717) is 22.9 Å². The van der Waals surface area contributed by atoms with E-state index in [1.54, 1.807) is 0 Å². The van der Waals surface area contributed by atoms with Crippen LogP contribution in [0.4, 0.5) is 0 Å². The van der Waals surface area contributed by atoms with Crippen LogP contribution < -0.4 is 5.73 Å². The largest absolute Gasteiger partial charge is 0.365 e. The summed E-state index contributed by atoms with van der Waals surface area (Å²) in [6, 6.07) is -0.300. The molecule has 9 heteroatoms. The molecule has 0 bridgehead atoms. The molecule has 2 heterocycles. The highest BCUT2D eigenvalue weighted by Crippen LogP contribution is 2.36. The fourth-order valence-corrected chi connectivity index (χ4v) is 4.32. The molecule has 1 aliphatic rings. The molecule has 0 unspecified atom stereocenters. The summed E-state index contributed by atoms with van der Waals surface area (Å²) in [5.41, 5.74) is 5.19. The quantitative estimate of drug-likeness (QED) is 0.858. The Morgan fingerprint density at radius 2 is 2.26 bits per heavy atom. The molecule has 1 aromatic rings. The van der Waals surface area contributed by atoms with Gasteiger partial charge in [-0.1, -0.05) is 0 Å². The molecular weight excluding hydrogens is 288 g/mol. The first-order valence-corrected chi connectivity index (χ1v) is 8.00. The van der Waals surface area contributed by atoms with Crippen molar-refractivity contribution in [2.75, 3.05) is 20.6 Å². The van der Waals surface area contributed by atoms with E-state index in [-0.39, 0.29) is 6.04 Å². The van der Waals surface area contributed by atoms with Crippen LogP contribution >= 0.6 is 11.3 Å². The van der Waals surface area contributed by atoms with Gasteiger partial charge in [0.15, 0.2) is 0 Å². The van der Waals surface area contributed by atoms with Crippen LogP contribution in [0.5, 0.6) is 0 Å². The summed E-state index contributed by atoms with van der Waals surface area (Å²) >= 11 is 1.16. The van der Waals surface area contributed by atoms with Gasteiger partial charge >= 0.3 is 0 Å². The molecule has 106 valence electrons. The van der Waals surface area contributed by atoms with Gasteiger partial charge in [-0.25, -0.2) is 4.98 Å². The van der Waals surface area contributed by atoms with E-state index in [4.69, 9.17) is 5.73 Å². The van der Waals surface area contributed by atoms with Crippen LogP contribution in [-0.4, -0.2) is 48.6 Å². The predicted octanol–water partition coefficient (Wildman–Crippen LogP) is 0.185. The van der Waals surface area contributed by atoms with Crippen molar-refractivity contribution in [1.29, 1.82) is 0 Å². The number of thiazole rings is 1. The van der Waals surface area contributed by atoms with Crippen molar-refractivity contribution in [3.8, 4) is 0 Å². The van der Waals surface area contributed by atoms with Crippen LogP contribution in [-0.2, 0) is 10.2 Å². The van der Waals surface area contributed by atoms with Crippen LogP contribution in [0.25, 0.3) is 0 Å². The highest BCUT2D eigenvalue weighted by molar-refractivity contribution is 7.86. The lowest BCUT2D eigenvalue weighted by Crippen LogP contribution is -2.39. The van der Waals surface area contributed by atoms with Gasteiger partial charge in [0, 0.05) is 20.6 Å². The number of nitrogens with zero attached hydrogens (tertiary/aromatic N) is 3. The zero-order valence-corrected chi connectivity index (χ0v) is 12.4. The van der Waals surface area contributed by atoms with E-state index in [1.165, 1.54) is 28.9 Å². The lowest BCUT2D eigenvalue weighted by Gasteiger charge is -2.25.